The van der Waals surface area contributed by atoms with Gasteiger partial charge in [-0.1, -0.05) is 24.3 Å². The van der Waals surface area contributed by atoms with Gasteiger partial charge in [0.25, 0.3) is 0 Å². The number of hydrogen-bond donors (Lipinski definition) is 0. The Morgan fingerprint density at radius 1 is 1.13 bits per heavy atom. The highest BCUT2D eigenvalue weighted by Crippen LogP contribution is 2.29. The molecular formula is C12H13F3. The van der Waals surface area contributed by atoms with Crippen LogP contribution >= 0.6 is 0 Å². The number of rotatable bonds is 3. The van der Waals surface area contributed by atoms with Crippen molar-refractivity contribution in [3.63, 3.8) is 0 Å². The lowest BCUT2D eigenvalue weighted by Crippen LogP contribution is -2.04. The first kappa shape index (κ1) is 11.8. The van der Waals surface area contributed by atoms with Crippen molar-refractivity contribution in [2.45, 2.75) is 25.9 Å². The van der Waals surface area contributed by atoms with E-state index in [0.29, 0.717) is 0 Å². The predicted molar refractivity (Wildman–Crippen MR) is 54.6 cm³/mol. The summed E-state index contributed by atoms with van der Waals surface area (Å²) in [4.78, 5) is 0. The van der Waals surface area contributed by atoms with Crippen LogP contribution < -0.4 is 0 Å². The van der Waals surface area contributed by atoms with E-state index >= 15 is 0 Å². The highest BCUT2D eigenvalue weighted by Gasteiger charge is 2.29. The van der Waals surface area contributed by atoms with E-state index in [4.69, 9.17) is 0 Å². The zero-order chi connectivity index (χ0) is 11.3. The average Bonchev–Trinajstić information content (AvgIpc) is 2.18. The Morgan fingerprint density at radius 2 is 1.73 bits per heavy atom. The third kappa shape index (κ3) is 3.78. The minimum Gasteiger partial charge on any atom is -0.166 e. The van der Waals surface area contributed by atoms with Crippen molar-refractivity contribution in [1.29, 1.82) is 0 Å². The Labute approximate surface area is 87.4 Å². The number of aryl methyl sites for hydroxylation is 1. The number of benzene rings is 1. The summed E-state index contributed by atoms with van der Waals surface area (Å²) in [6.45, 7) is 1.92. The molecule has 82 valence electrons. The van der Waals surface area contributed by atoms with Crippen molar-refractivity contribution >= 4 is 0 Å². The predicted octanol–water partition coefficient (Wildman–Crippen LogP) is 4.21. The van der Waals surface area contributed by atoms with E-state index in [-0.39, 0.29) is 0 Å². The van der Waals surface area contributed by atoms with Crippen LogP contribution in [0.2, 0.25) is 0 Å². The highest BCUT2D eigenvalue weighted by atomic mass is 19.4. The van der Waals surface area contributed by atoms with E-state index in [1.165, 1.54) is 12.1 Å². The van der Waals surface area contributed by atoms with Gasteiger partial charge in [-0.25, -0.2) is 0 Å². The molecule has 0 fully saturated rings. The van der Waals surface area contributed by atoms with Gasteiger partial charge in [0.1, 0.15) is 0 Å². The van der Waals surface area contributed by atoms with Gasteiger partial charge in [-0.15, -0.1) is 0 Å². The van der Waals surface area contributed by atoms with Crippen molar-refractivity contribution in [1.82, 2.24) is 0 Å². The molecule has 0 saturated carbocycles. The standard InChI is InChI=1S/C12H13F3/c1-2-3-4-5-10-6-8-11(9-7-10)12(13,14)15/h2-3,6-9H,4-5H2,1H3/b3-2+. The lowest BCUT2D eigenvalue weighted by Gasteiger charge is -2.06. The monoisotopic (exact) mass is 214 g/mol. The van der Waals surface area contributed by atoms with E-state index in [0.717, 1.165) is 30.5 Å². The summed E-state index contributed by atoms with van der Waals surface area (Å²) in [6, 6.07) is 5.33. The lowest BCUT2D eigenvalue weighted by molar-refractivity contribution is -0.137. The normalized spacial score (nSPS) is 12.3. The molecule has 1 aromatic carbocycles. The molecule has 1 aromatic rings. The van der Waals surface area contributed by atoms with E-state index in [9.17, 15) is 13.2 Å². The molecule has 3 heteroatoms. The largest absolute Gasteiger partial charge is 0.416 e. The number of alkyl halides is 3. The molecule has 0 spiro atoms. The quantitative estimate of drug-likeness (QED) is 0.661. The summed E-state index contributed by atoms with van der Waals surface area (Å²) in [5.74, 6) is 0. The molecule has 0 amide bonds. The Balaban J connectivity index is 2.64. The van der Waals surface area contributed by atoms with Crippen molar-refractivity contribution in [3.8, 4) is 0 Å². The van der Waals surface area contributed by atoms with Crippen molar-refractivity contribution in [3.05, 3.63) is 47.5 Å². The molecule has 0 saturated heterocycles. The Morgan fingerprint density at radius 3 is 2.20 bits per heavy atom. The minimum atomic E-state index is -4.23. The van der Waals surface area contributed by atoms with Gasteiger partial charge >= 0.3 is 6.18 Å². The van der Waals surface area contributed by atoms with Gasteiger partial charge in [0.15, 0.2) is 0 Å². The minimum absolute atomic E-state index is 0.586. The fourth-order valence-corrected chi connectivity index (χ4v) is 1.28. The molecule has 1 rings (SSSR count). The molecular weight excluding hydrogens is 201 g/mol. The third-order valence-corrected chi connectivity index (χ3v) is 2.12. The molecule has 0 bridgehead atoms. The summed E-state index contributed by atoms with van der Waals surface area (Å²) in [5, 5.41) is 0. The Bertz CT molecular complexity index is 320. The van der Waals surface area contributed by atoms with Gasteiger partial charge in [-0.2, -0.15) is 13.2 Å². The summed E-state index contributed by atoms with van der Waals surface area (Å²) < 4.78 is 36.6. The van der Waals surface area contributed by atoms with Crippen molar-refractivity contribution in [2.75, 3.05) is 0 Å². The molecule has 15 heavy (non-hydrogen) atoms. The third-order valence-electron chi connectivity index (χ3n) is 2.12. The van der Waals surface area contributed by atoms with E-state index in [1.807, 2.05) is 19.1 Å². The van der Waals surface area contributed by atoms with Crippen LogP contribution in [0.4, 0.5) is 13.2 Å². The van der Waals surface area contributed by atoms with Gasteiger partial charge in [-0.3, -0.25) is 0 Å². The second-order valence-electron chi connectivity index (χ2n) is 3.30. The smallest absolute Gasteiger partial charge is 0.166 e. The molecule has 0 radical (unpaired) electrons. The van der Waals surface area contributed by atoms with Crippen LogP contribution in [0, 0.1) is 0 Å². The van der Waals surface area contributed by atoms with E-state index in [1.54, 1.807) is 0 Å². The molecule has 0 aliphatic rings. The van der Waals surface area contributed by atoms with Crippen LogP contribution in [0.3, 0.4) is 0 Å². The Kier molecular flexibility index (Phi) is 3.95. The highest BCUT2D eigenvalue weighted by molar-refractivity contribution is 5.24. The topological polar surface area (TPSA) is 0 Å². The summed E-state index contributed by atoms with van der Waals surface area (Å²) in [5.41, 5.74) is 0.346. The lowest BCUT2D eigenvalue weighted by atomic mass is 10.1. The number of hydrogen-bond acceptors (Lipinski definition) is 0. The van der Waals surface area contributed by atoms with Crippen LogP contribution in [0.15, 0.2) is 36.4 Å². The first-order chi connectivity index (χ1) is 7.04. The van der Waals surface area contributed by atoms with Crippen LogP contribution in [0.5, 0.6) is 0 Å². The maximum Gasteiger partial charge on any atom is 0.416 e. The Hall–Kier alpha value is -1.25. The zero-order valence-corrected chi connectivity index (χ0v) is 8.51. The number of allylic oxidation sites excluding steroid dienone is 2. The van der Waals surface area contributed by atoms with Gasteiger partial charge in [-0.05, 0) is 37.5 Å². The van der Waals surface area contributed by atoms with Crippen LogP contribution in [-0.2, 0) is 12.6 Å². The molecule has 0 aromatic heterocycles. The van der Waals surface area contributed by atoms with Gasteiger partial charge in [0.2, 0.25) is 0 Å². The fraction of sp³-hybridized carbons (Fsp3) is 0.333. The molecule has 0 aliphatic carbocycles. The summed E-state index contributed by atoms with van der Waals surface area (Å²) >= 11 is 0. The van der Waals surface area contributed by atoms with Crippen LogP contribution in [-0.4, -0.2) is 0 Å². The molecule has 0 unspecified atom stereocenters. The van der Waals surface area contributed by atoms with E-state index < -0.39 is 11.7 Å². The van der Waals surface area contributed by atoms with E-state index in [2.05, 4.69) is 0 Å². The molecule has 0 aliphatic heterocycles. The number of halogens is 3. The van der Waals surface area contributed by atoms with Crippen LogP contribution in [0.1, 0.15) is 24.5 Å². The molecule has 0 atom stereocenters. The maximum atomic E-state index is 12.2. The van der Waals surface area contributed by atoms with Crippen LogP contribution in [0.25, 0.3) is 0 Å². The maximum absolute atomic E-state index is 12.2. The zero-order valence-electron chi connectivity index (χ0n) is 8.51. The fourth-order valence-electron chi connectivity index (χ4n) is 1.28. The molecule has 0 heterocycles. The average molecular weight is 214 g/mol. The second-order valence-corrected chi connectivity index (χ2v) is 3.30. The van der Waals surface area contributed by atoms with Crippen molar-refractivity contribution < 1.29 is 13.2 Å². The molecule has 0 nitrogen and oxygen atoms in total. The molecule has 0 N–H and O–H groups in total. The summed E-state index contributed by atoms with van der Waals surface area (Å²) in [7, 11) is 0. The first-order valence-corrected chi connectivity index (χ1v) is 4.81. The first-order valence-electron chi connectivity index (χ1n) is 4.81. The second kappa shape index (κ2) is 5.01. The van der Waals surface area contributed by atoms with Crippen molar-refractivity contribution in [2.24, 2.45) is 0 Å². The summed E-state index contributed by atoms with van der Waals surface area (Å²) in [6.07, 6.45) is 1.34. The van der Waals surface area contributed by atoms with Gasteiger partial charge in [0.05, 0.1) is 5.56 Å². The SMILES string of the molecule is C/C=C/CCc1ccc(C(F)(F)F)cc1. The van der Waals surface area contributed by atoms with Gasteiger partial charge < -0.3 is 0 Å². The van der Waals surface area contributed by atoms with Gasteiger partial charge in [0, 0.05) is 0 Å².